The van der Waals surface area contributed by atoms with Crippen LogP contribution in [0.1, 0.15) is 38.5 Å². The molecule has 0 N–H and O–H groups in total. The van der Waals surface area contributed by atoms with Crippen LogP contribution in [0.4, 0.5) is 0 Å². The fourth-order valence-electron chi connectivity index (χ4n) is 5.06. The predicted molar refractivity (Wildman–Crippen MR) is 87.9 cm³/mol. The van der Waals surface area contributed by atoms with Gasteiger partial charge in [0.1, 0.15) is 0 Å². The molecule has 0 atom stereocenters. The Hall–Kier alpha value is 1.40. The van der Waals surface area contributed by atoms with Crippen LogP contribution in [-0.4, -0.2) is 31.2 Å². The summed E-state index contributed by atoms with van der Waals surface area (Å²) in [5.74, 6) is 5.75. The first kappa shape index (κ1) is 12.0. The summed E-state index contributed by atoms with van der Waals surface area (Å²) in [6, 6.07) is 0. The summed E-state index contributed by atoms with van der Waals surface area (Å²) in [6.07, 6.45) is 9.16. The van der Waals surface area contributed by atoms with Gasteiger partial charge in [0.2, 0.25) is 0 Å². The van der Waals surface area contributed by atoms with Crippen LogP contribution in [-0.2, 0) is 0 Å². The lowest BCUT2D eigenvalue weighted by molar-refractivity contribution is 0.102. The van der Waals surface area contributed by atoms with Gasteiger partial charge in [0.05, 0.1) is 8.16 Å². The van der Waals surface area contributed by atoms with Crippen LogP contribution in [0.15, 0.2) is 0 Å². The predicted octanol–water partition coefficient (Wildman–Crippen LogP) is 4.69. The van der Waals surface area contributed by atoms with Gasteiger partial charge in [-0.15, -0.1) is 47.0 Å². The minimum Gasteiger partial charge on any atom is -0.141 e. The Morgan fingerprint density at radius 3 is 1.11 bits per heavy atom. The van der Waals surface area contributed by atoms with Crippen molar-refractivity contribution >= 4 is 47.0 Å². The zero-order valence-corrected chi connectivity index (χ0v) is 14.0. The summed E-state index contributed by atoms with van der Waals surface area (Å²) in [7, 11) is 0. The smallest absolute Gasteiger partial charge is 0.0915 e. The molecule has 3 aliphatic carbocycles. The molecule has 0 aromatic carbocycles. The SMILES string of the molecule is C1CSC2(SC1)C1(CC1)C1(CC1)C21SCCCS1. The molecule has 4 heteroatoms. The van der Waals surface area contributed by atoms with Crippen molar-refractivity contribution in [1.82, 2.24) is 0 Å². The molecule has 0 unspecified atom stereocenters. The lowest BCUT2D eigenvalue weighted by atomic mass is 9.64. The van der Waals surface area contributed by atoms with Gasteiger partial charge in [0, 0.05) is 10.8 Å². The summed E-state index contributed by atoms with van der Waals surface area (Å²) in [4.78, 5) is 0. The molecule has 0 bridgehead atoms. The van der Waals surface area contributed by atoms with Gasteiger partial charge in [-0.3, -0.25) is 0 Å². The number of rotatable bonds is 0. The molecule has 2 aliphatic heterocycles. The molecule has 2 heterocycles. The van der Waals surface area contributed by atoms with Crippen LogP contribution in [0, 0.1) is 10.8 Å². The number of fused-ring (bicyclic) bond motifs is 4. The standard InChI is InChI=1S/C14H20S4/c1-7-15-13(16-8-1)11(3-4-11)12(5-6-12)14(13)17-9-2-10-18-14/h1-10H2. The quantitative estimate of drug-likeness (QED) is 0.635. The highest BCUT2D eigenvalue weighted by atomic mass is 32.2. The lowest BCUT2D eigenvalue weighted by Crippen LogP contribution is -2.73. The number of hydrogen-bond donors (Lipinski definition) is 0. The highest BCUT2D eigenvalue weighted by Gasteiger charge is 2.94. The minimum absolute atomic E-state index is 0.629. The highest BCUT2D eigenvalue weighted by molar-refractivity contribution is 8.26. The molecule has 0 amide bonds. The fourth-order valence-corrected chi connectivity index (χ4v) is 15.1. The van der Waals surface area contributed by atoms with E-state index >= 15 is 0 Å². The molecule has 5 rings (SSSR count). The van der Waals surface area contributed by atoms with Crippen molar-refractivity contribution in [2.75, 3.05) is 23.0 Å². The van der Waals surface area contributed by atoms with E-state index in [9.17, 15) is 0 Å². The lowest BCUT2D eigenvalue weighted by Gasteiger charge is -2.72. The minimum atomic E-state index is 0.629. The average molecular weight is 317 g/mol. The Kier molecular flexibility index (Phi) is 2.39. The van der Waals surface area contributed by atoms with E-state index in [1.165, 1.54) is 35.9 Å². The zero-order valence-electron chi connectivity index (χ0n) is 10.7. The van der Waals surface area contributed by atoms with Gasteiger partial charge in [-0.25, -0.2) is 0 Å². The Labute approximate surface area is 127 Å². The number of hydrogen-bond acceptors (Lipinski definition) is 4. The van der Waals surface area contributed by atoms with Gasteiger partial charge in [0.15, 0.2) is 0 Å². The van der Waals surface area contributed by atoms with Crippen molar-refractivity contribution in [3.8, 4) is 0 Å². The maximum Gasteiger partial charge on any atom is 0.0915 e. The van der Waals surface area contributed by atoms with Gasteiger partial charge >= 0.3 is 0 Å². The van der Waals surface area contributed by atoms with Gasteiger partial charge in [-0.1, -0.05) is 0 Å². The molecule has 0 aromatic rings. The van der Waals surface area contributed by atoms with Crippen molar-refractivity contribution in [2.24, 2.45) is 10.8 Å². The maximum atomic E-state index is 2.39. The third kappa shape index (κ3) is 1.03. The summed E-state index contributed by atoms with van der Waals surface area (Å²) in [6.45, 7) is 0. The second kappa shape index (κ2) is 3.59. The van der Waals surface area contributed by atoms with Crippen molar-refractivity contribution in [3.05, 3.63) is 0 Å². The summed E-state index contributed by atoms with van der Waals surface area (Å²) >= 11 is 9.56. The van der Waals surface area contributed by atoms with E-state index in [0.29, 0.717) is 8.16 Å². The molecular formula is C14H20S4. The molecule has 0 aromatic heterocycles. The largest absolute Gasteiger partial charge is 0.141 e. The van der Waals surface area contributed by atoms with E-state index in [1.807, 2.05) is 0 Å². The Morgan fingerprint density at radius 1 is 0.500 bits per heavy atom. The van der Waals surface area contributed by atoms with Crippen LogP contribution in [0.25, 0.3) is 0 Å². The number of thioether (sulfide) groups is 4. The summed E-state index contributed by atoms with van der Waals surface area (Å²) in [5.41, 5.74) is 1.60. The van der Waals surface area contributed by atoms with E-state index in [1.54, 1.807) is 25.7 Å². The maximum absolute atomic E-state index is 2.39. The molecular weight excluding hydrogens is 296 g/mol. The Balaban J connectivity index is 1.62. The summed E-state index contributed by atoms with van der Waals surface area (Å²) in [5, 5.41) is 0. The van der Waals surface area contributed by atoms with Gasteiger partial charge < -0.3 is 0 Å². The zero-order chi connectivity index (χ0) is 11.9. The molecule has 18 heavy (non-hydrogen) atoms. The summed E-state index contributed by atoms with van der Waals surface area (Å²) < 4.78 is 1.26. The monoisotopic (exact) mass is 316 g/mol. The molecule has 0 nitrogen and oxygen atoms in total. The average Bonchev–Trinajstić information content (AvgIpc) is 3.30. The molecule has 3 saturated carbocycles. The van der Waals surface area contributed by atoms with E-state index < -0.39 is 0 Å². The highest BCUT2D eigenvalue weighted by Crippen LogP contribution is 2.98. The van der Waals surface area contributed by atoms with E-state index in [-0.39, 0.29) is 0 Å². The second-order valence-corrected chi connectivity index (χ2v) is 12.3. The third-order valence-corrected chi connectivity index (χ3v) is 14.2. The molecule has 5 fully saturated rings. The molecule has 0 radical (unpaired) electrons. The van der Waals surface area contributed by atoms with Crippen molar-refractivity contribution in [3.63, 3.8) is 0 Å². The van der Waals surface area contributed by atoms with Gasteiger partial charge in [0.25, 0.3) is 0 Å². The Bertz CT molecular complexity index is 347. The topological polar surface area (TPSA) is 0 Å². The van der Waals surface area contributed by atoms with Crippen molar-refractivity contribution in [2.45, 2.75) is 46.7 Å². The third-order valence-electron chi connectivity index (χ3n) is 5.91. The van der Waals surface area contributed by atoms with Crippen molar-refractivity contribution in [1.29, 1.82) is 0 Å². The Morgan fingerprint density at radius 2 is 0.833 bits per heavy atom. The van der Waals surface area contributed by atoms with Crippen LogP contribution >= 0.6 is 47.0 Å². The first-order valence-corrected chi connectivity index (χ1v) is 11.3. The van der Waals surface area contributed by atoms with Crippen LogP contribution in [0.3, 0.4) is 0 Å². The van der Waals surface area contributed by atoms with E-state index in [0.717, 1.165) is 10.8 Å². The normalized spacial score (nSPS) is 40.0. The molecule has 5 aliphatic rings. The molecule has 4 spiro atoms. The van der Waals surface area contributed by atoms with Crippen LogP contribution in [0.2, 0.25) is 0 Å². The molecule has 100 valence electrons. The van der Waals surface area contributed by atoms with Gasteiger partial charge in [-0.05, 0) is 61.5 Å². The fraction of sp³-hybridized carbons (Fsp3) is 1.00. The van der Waals surface area contributed by atoms with Gasteiger partial charge in [-0.2, -0.15) is 0 Å². The second-order valence-electron chi connectivity index (χ2n) is 6.50. The van der Waals surface area contributed by atoms with Crippen molar-refractivity contribution < 1.29 is 0 Å². The molecule has 2 saturated heterocycles. The van der Waals surface area contributed by atoms with Crippen LogP contribution < -0.4 is 0 Å². The van der Waals surface area contributed by atoms with Crippen LogP contribution in [0.5, 0.6) is 0 Å². The first-order valence-electron chi connectivity index (χ1n) is 7.39. The van der Waals surface area contributed by atoms with E-state index in [2.05, 4.69) is 47.0 Å². The van der Waals surface area contributed by atoms with E-state index in [4.69, 9.17) is 0 Å². The first-order chi connectivity index (χ1) is 8.83.